The molecule has 0 aliphatic carbocycles. The fourth-order valence-electron chi connectivity index (χ4n) is 2.62. The maximum Gasteiger partial charge on any atom is 0.261 e. The van der Waals surface area contributed by atoms with Gasteiger partial charge in [-0.05, 0) is 58.3 Å². The van der Waals surface area contributed by atoms with E-state index in [4.69, 9.17) is 9.15 Å². The van der Waals surface area contributed by atoms with Gasteiger partial charge in [0.25, 0.3) is 5.91 Å². The molecule has 4 aromatic rings. The minimum atomic E-state index is -0.116. The summed E-state index contributed by atoms with van der Waals surface area (Å²) in [5.41, 5.74) is 0.806. The molecule has 142 valence electrons. The number of benzene rings is 1. The second-order valence-corrected chi connectivity index (χ2v) is 6.98. The average molecular weight is 395 g/mol. The minimum absolute atomic E-state index is 0.0592. The molecule has 9 heteroatoms. The van der Waals surface area contributed by atoms with Crippen LogP contribution in [-0.4, -0.2) is 37.6 Å². The van der Waals surface area contributed by atoms with E-state index in [1.165, 1.54) is 6.33 Å². The van der Waals surface area contributed by atoms with Gasteiger partial charge in [-0.3, -0.25) is 4.79 Å². The number of thiophene rings is 1. The van der Waals surface area contributed by atoms with Crippen molar-refractivity contribution in [2.75, 3.05) is 6.61 Å². The Hall–Kier alpha value is -3.46. The van der Waals surface area contributed by atoms with Gasteiger partial charge < -0.3 is 14.1 Å². The number of rotatable bonds is 8. The number of amides is 1. The van der Waals surface area contributed by atoms with E-state index < -0.39 is 0 Å². The second-order valence-electron chi connectivity index (χ2n) is 5.95. The normalized spacial score (nSPS) is 10.7. The van der Waals surface area contributed by atoms with Crippen LogP contribution in [0.1, 0.15) is 10.6 Å². The number of nitrogens with zero attached hydrogens (tertiary/aromatic N) is 5. The molecule has 3 heterocycles. The van der Waals surface area contributed by atoms with Crippen molar-refractivity contribution in [2.45, 2.75) is 13.1 Å². The van der Waals surface area contributed by atoms with Crippen LogP contribution >= 0.6 is 11.3 Å². The van der Waals surface area contributed by atoms with Crippen LogP contribution in [0.15, 0.2) is 70.9 Å². The van der Waals surface area contributed by atoms with Crippen molar-refractivity contribution in [2.24, 2.45) is 0 Å². The zero-order chi connectivity index (χ0) is 19.2. The van der Waals surface area contributed by atoms with Gasteiger partial charge in [-0.2, -0.15) is 0 Å². The number of carbonyl (C=O) groups is 1. The Morgan fingerprint density at radius 3 is 2.71 bits per heavy atom. The third-order valence-corrected chi connectivity index (χ3v) is 4.88. The molecule has 4 rings (SSSR count). The van der Waals surface area contributed by atoms with E-state index in [9.17, 15) is 4.79 Å². The number of aromatic nitrogens is 4. The fourth-order valence-corrected chi connectivity index (χ4v) is 3.34. The van der Waals surface area contributed by atoms with Crippen LogP contribution in [0, 0.1) is 0 Å². The van der Waals surface area contributed by atoms with Gasteiger partial charge >= 0.3 is 0 Å². The number of tetrazole rings is 1. The lowest BCUT2D eigenvalue weighted by atomic mass is 10.3. The lowest BCUT2D eigenvalue weighted by Crippen LogP contribution is -2.33. The molecule has 1 aromatic carbocycles. The number of hydrogen-bond acceptors (Lipinski definition) is 7. The highest BCUT2D eigenvalue weighted by molar-refractivity contribution is 7.09. The van der Waals surface area contributed by atoms with Crippen molar-refractivity contribution in [1.82, 2.24) is 25.1 Å². The van der Waals surface area contributed by atoms with E-state index in [0.29, 0.717) is 18.8 Å². The lowest BCUT2D eigenvalue weighted by Gasteiger charge is -2.21. The molecule has 0 radical (unpaired) electrons. The summed E-state index contributed by atoms with van der Waals surface area (Å²) >= 11 is 1.61. The predicted molar refractivity (Wildman–Crippen MR) is 102 cm³/mol. The van der Waals surface area contributed by atoms with Gasteiger partial charge in [0.15, 0.2) is 6.61 Å². The number of ether oxygens (including phenoxy) is 1. The first-order valence-corrected chi connectivity index (χ1v) is 9.45. The molecule has 0 unspecified atom stereocenters. The highest BCUT2D eigenvalue weighted by atomic mass is 32.1. The van der Waals surface area contributed by atoms with E-state index in [0.717, 1.165) is 16.3 Å². The van der Waals surface area contributed by atoms with Crippen LogP contribution in [0.3, 0.4) is 0 Å². The molecule has 0 saturated carbocycles. The monoisotopic (exact) mass is 395 g/mol. The SMILES string of the molecule is O=C(COc1ccc(-n2cnnn2)cc1)N(Cc1ccco1)Cc1cccs1. The van der Waals surface area contributed by atoms with Gasteiger partial charge in [-0.15, -0.1) is 16.4 Å². The highest BCUT2D eigenvalue weighted by Crippen LogP contribution is 2.17. The zero-order valence-electron chi connectivity index (χ0n) is 14.8. The minimum Gasteiger partial charge on any atom is -0.484 e. The summed E-state index contributed by atoms with van der Waals surface area (Å²) in [6.45, 7) is 0.848. The Bertz CT molecular complexity index is 947. The number of furan rings is 1. The Morgan fingerprint density at radius 2 is 2.04 bits per heavy atom. The summed E-state index contributed by atoms with van der Waals surface area (Å²) in [6, 6.07) is 14.8. The van der Waals surface area contributed by atoms with E-state index in [2.05, 4.69) is 15.5 Å². The third kappa shape index (κ3) is 4.44. The molecule has 0 N–H and O–H groups in total. The maximum atomic E-state index is 12.8. The molecular formula is C19H17N5O3S. The second kappa shape index (κ2) is 8.49. The quantitative estimate of drug-likeness (QED) is 0.456. The van der Waals surface area contributed by atoms with Crippen LogP contribution in [-0.2, 0) is 17.9 Å². The number of hydrogen-bond donors (Lipinski definition) is 0. The van der Waals surface area contributed by atoms with Crippen LogP contribution in [0.5, 0.6) is 5.75 Å². The van der Waals surface area contributed by atoms with Crippen LogP contribution in [0.2, 0.25) is 0 Å². The molecule has 28 heavy (non-hydrogen) atoms. The largest absolute Gasteiger partial charge is 0.484 e. The Morgan fingerprint density at radius 1 is 1.14 bits per heavy atom. The Labute approximate surface area is 165 Å². The van der Waals surface area contributed by atoms with Crippen LogP contribution in [0.25, 0.3) is 5.69 Å². The molecule has 8 nitrogen and oxygen atoms in total. The Balaban J connectivity index is 1.39. The summed E-state index contributed by atoms with van der Waals surface area (Å²) in [4.78, 5) is 15.6. The van der Waals surface area contributed by atoms with E-state index in [1.54, 1.807) is 39.3 Å². The molecule has 0 bridgehead atoms. The van der Waals surface area contributed by atoms with Crippen LogP contribution in [0.4, 0.5) is 0 Å². The highest BCUT2D eigenvalue weighted by Gasteiger charge is 2.17. The zero-order valence-corrected chi connectivity index (χ0v) is 15.7. The average Bonchev–Trinajstić information content (AvgIpc) is 3.49. The summed E-state index contributed by atoms with van der Waals surface area (Å²) in [5, 5.41) is 13.0. The van der Waals surface area contributed by atoms with E-state index in [1.807, 2.05) is 41.8 Å². The predicted octanol–water partition coefficient (Wildman–Crippen LogP) is 2.92. The summed E-state index contributed by atoms with van der Waals surface area (Å²) in [5.74, 6) is 1.21. The first-order valence-electron chi connectivity index (χ1n) is 8.57. The molecule has 1 amide bonds. The topological polar surface area (TPSA) is 86.3 Å². The molecule has 0 aliphatic heterocycles. The van der Waals surface area contributed by atoms with Crippen molar-refractivity contribution >= 4 is 17.2 Å². The molecule has 0 fully saturated rings. The summed E-state index contributed by atoms with van der Waals surface area (Å²) in [7, 11) is 0. The first kappa shape index (κ1) is 17.9. The summed E-state index contributed by atoms with van der Waals surface area (Å²) < 4.78 is 12.6. The van der Waals surface area contributed by atoms with Gasteiger partial charge in [-0.25, -0.2) is 4.68 Å². The van der Waals surface area contributed by atoms with Crippen LogP contribution < -0.4 is 4.74 Å². The van der Waals surface area contributed by atoms with Crippen molar-refractivity contribution in [3.05, 3.63) is 77.1 Å². The van der Waals surface area contributed by atoms with Crippen molar-refractivity contribution in [1.29, 1.82) is 0 Å². The van der Waals surface area contributed by atoms with E-state index in [-0.39, 0.29) is 12.5 Å². The molecule has 0 saturated heterocycles. The molecular weight excluding hydrogens is 378 g/mol. The van der Waals surface area contributed by atoms with Gasteiger partial charge in [-0.1, -0.05) is 6.07 Å². The maximum absolute atomic E-state index is 12.8. The van der Waals surface area contributed by atoms with Gasteiger partial charge in [0.2, 0.25) is 0 Å². The molecule has 3 aromatic heterocycles. The standard InChI is InChI=1S/C19H17N5O3S/c25-19(13-27-16-7-5-15(6-8-16)24-14-20-21-22-24)23(11-17-3-1-9-26-17)12-18-4-2-10-28-18/h1-10,14H,11-13H2. The van der Waals surface area contributed by atoms with Gasteiger partial charge in [0.1, 0.15) is 17.8 Å². The smallest absolute Gasteiger partial charge is 0.261 e. The van der Waals surface area contributed by atoms with E-state index >= 15 is 0 Å². The fraction of sp³-hybridized carbons (Fsp3) is 0.158. The summed E-state index contributed by atoms with van der Waals surface area (Å²) in [6.07, 6.45) is 3.11. The van der Waals surface area contributed by atoms with Crippen molar-refractivity contribution in [3.63, 3.8) is 0 Å². The van der Waals surface area contributed by atoms with Crippen molar-refractivity contribution in [3.8, 4) is 11.4 Å². The Kier molecular flexibility index (Phi) is 5.43. The van der Waals surface area contributed by atoms with Crippen molar-refractivity contribution < 1.29 is 13.9 Å². The molecule has 0 atom stereocenters. The number of carbonyl (C=O) groups excluding carboxylic acids is 1. The first-order chi connectivity index (χ1) is 13.8. The third-order valence-electron chi connectivity index (χ3n) is 4.02. The lowest BCUT2D eigenvalue weighted by molar-refractivity contribution is -0.134. The van der Waals surface area contributed by atoms with Gasteiger partial charge in [0.05, 0.1) is 25.0 Å². The van der Waals surface area contributed by atoms with Gasteiger partial charge in [0, 0.05) is 4.88 Å². The molecule has 0 spiro atoms. The molecule has 0 aliphatic rings.